The third-order valence-electron chi connectivity index (χ3n) is 3.72. The predicted molar refractivity (Wildman–Crippen MR) is 88.5 cm³/mol. The lowest BCUT2D eigenvalue weighted by Crippen LogP contribution is -2.01. The molecular weight excluding hydrogens is 264 g/mol. The molecule has 3 nitrogen and oxygen atoms in total. The number of aliphatic carboxylic acids is 1. The summed E-state index contributed by atoms with van der Waals surface area (Å²) in [5, 5.41) is 18.3. The van der Waals surface area contributed by atoms with Gasteiger partial charge < -0.3 is 10.2 Å². The minimum absolute atomic E-state index is 0.285. The molecule has 0 fully saturated rings. The standard InChI is InChI=1S/C18H34O3/c1-2-3-4-5-8-11-14-17(19)15-12-9-6-7-10-13-16-18(20)21/h12,15,17,19H,2-11,13-14,16H2,1H3,(H,20,21)/b15-12-. The average molecular weight is 298 g/mol. The maximum Gasteiger partial charge on any atom is 0.303 e. The molecule has 2 N–H and O–H groups in total. The van der Waals surface area contributed by atoms with Gasteiger partial charge in [-0.3, -0.25) is 4.79 Å². The van der Waals surface area contributed by atoms with Gasteiger partial charge in [-0.25, -0.2) is 0 Å². The van der Waals surface area contributed by atoms with Gasteiger partial charge in [0, 0.05) is 6.42 Å². The van der Waals surface area contributed by atoms with Gasteiger partial charge in [0.1, 0.15) is 0 Å². The highest BCUT2D eigenvalue weighted by atomic mass is 16.4. The minimum Gasteiger partial charge on any atom is -0.481 e. The zero-order valence-corrected chi connectivity index (χ0v) is 13.7. The van der Waals surface area contributed by atoms with Crippen LogP contribution in [0.25, 0.3) is 0 Å². The summed E-state index contributed by atoms with van der Waals surface area (Å²) in [5.74, 6) is -0.701. The first-order valence-electron chi connectivity index (χ1n) is 8.73. The van der Waals surface area contributed by atoms with Crippen LogP contribution in [0.4, 0.5) is 0 Å². The molecule has 0 saturated carbocycles. The molecule has 0 aromatic carbocycles. The van der Waals surface area contributed by atoms with Crippen LogP contribution in [0.3, 0.4) is 0 Å². The summed E-state index contributed by atoms with van der Waals surface area (Å²) in [6.45, 7) is 2.22. The third kappa shape index (κ3) is 17.1. The first-order valence-corrected chi connectivity index (χ1v) is 8.73. The van der Waals surface area contributed by atoms with E-state index in [1.807, 2.05) is 6.08 Å². The predicted octanol–water partition coefficient (Wildman–Crippen LogP) is 5.08. The van der Waals surface area contributed by atoms with E-state index in [0.29, 0.717) is 0 Å². The summed E-state index contributed by atoms with van der Waals surface area (Å²) >= 11 is 0. The molecule has 21 heavy (non-hydrogen) atoms. The number of carboxylic acid groups (broad SMARTS) is 1. The fraction of sp³-hybridized carbons (Fsp3) is 0.833. The Balaban J connectivity index is 3.29. The number of aliphatic hydroxyl groups excluding tert-OH is 1. The summed E-state index contributed by atoms with van der Waals surface area (Å²) in [5.41, 5.74) is 0. The second-order valence-electron chi connectivity index (χ2n) is 5.90. The number of rotatable bonds is 15. The number of aliphatic hydroxyl groups is 1. The van der Waals surface area contributed by atoms with Gasteiger partial charge in [-0.2, -0.15) is 0 Å². The van der Waals surface area contributed by atoms with Gasteiger partial charge in [-0.15, -0.1) is 0 Å². The Hall–Kier alpha value is -0.830. The molecular formula is C18H34O3. The molecule has 124 valence electrons. The maximum atomic E-state index is 10.3. The van der Waals surface area contributed by atoms with Crippen molar-refractivity contribution in [1.82, 2.24) is 0 Å². The average Bonchev–Trinajstić information content (AvgIpc) is 2.45. The Bertz CT molecular complexity index is 261. The van der Waals surface area contributed by atoms with Crippen LogP contribution in [0, 0.1) is 0 Å². The normalized spacial score (nSPS) is 12.9. The zero-order valence-electron chi connectivity index (χ0n) is 13.7. The van der Waals surface area contributed by atoms with Gasteiger partial charge >= 0.3 is 5.97 Å². The summed E-state index contributed by atoms with van der Waals surface area (Å²) in [6.07, 6.45) is 17.3. The van der Waals surface area contributed by atoms with E-state index in [2.05, 4.69) is 13.0 Å². The Kier molecular flexibility index (Phi) is 14.9. The summed E-state index contributed by atoms with van der Waals surface area (Å²) in [7, 11) is 0. The molecule has 0 aliphatic heterocycles. The molecule has 0 rings (SSSR count). The van der Waals surface area contributed by atoms with E-state index in [1.165, 1.54) is 32.1 Å². The smallest absolute Gasteiger partial charge is 0.303 e. The highest BCUT2D eigenvalue weighted by Crippen LogP contribution is 2.10. The van der Waals surface area contributed by atoms with Crippen molar-refractivity contribution < 1.29 is 15.0 Å². The van der Waals surface area contributed by atoms with Crippen molar-refractivity contribution in [2.45, 2.75) is 96.5 Å². The molecule has 1 atom stereocenters. The topological polar surface area (TPSA) is 57.5 Å². The molecule has 0 heterocycles. The summed E-state index contributed by atoms with van der Waals surface area (Å²) in [6, 6.07) is 0. The van der Waals surface area contributed by atoms with Crippen molar-refractivity contribution in [3.05, 3.63) is 12.2 Å². The van der Waals surface area contributed by atoms with Crippen molar-refractivity contribution in [3.8, 4) is 0 Å². The van der Waals surface area contributed by atoms with Gasteiger partial charge in [0.25, 0.3) is 0 Å². The molecule has 0 bridgehead atoms. The molecule has 0 amide bonds. The van der Waals surface area contributed by atoms with Crippen molar-refractivity contribution in [3.63, 3.8) is 0 Å². The lowest BCUT2D eigenvalue weighted by atomic mass is 10.1. The number of allylic oxidation sites excluding steroid dienone is 1. The molecule has 0 aliphatic rings. The fourth-order valence-corrected chi connectivity index (χ4v) is 2.38. The summed E-state index contributed by atoms with van der Waals surface area (Å²) in [4.78, 5) is 10.3. The van der Waals surface area contributed by atoms with Crippen LogP contribution < -0.4 is 0 Å². The SMILES string of the molecule is CCCCCCCCC(O)/C=C\CCCCCCC(=O)O. The minimum atomic E-state index is -0.701. The Morgan fingerprint density at radius 2 is 1.57 bits per heavy atom. The van der Waals surface area contributed by atoms with Crippen molar-refractivity contribution in [1.29, 1.82) is 0 Å². The van der Waals surface area contributed by atoms with Gasteiger partial charge in [0.15, 0.2) is 0 Å². The lowest BCUT2D eigenvalue weighted by Gasteiger charge is -2.05. The van der Waals surface area contributed by atoms with E-state index < -0.39 is 5.97 Å². The van der Waals surface area contributed by atoms with E-state index in [0.717, 1.165) is 44.9 Å². The number of carboxylic acids is 1. The largest absolute Gasteiger partial charge is 0.481 e. The molecule has 0 radical (unpaired) electrons. The highest BCUT2D eigenvalue weighted by Gasteiger charge is 1.99. The second-order valence-corrected chi connectivity index (χ2v) is 5.90. The first kappa shape index (κ1) is 20.2. The van der Waals surface area contributed by atoms with Crippen molar-refractivity contribution >= 4 is 5.97 Å². The Morgan fingerprint density at radius 1 is 0.952 bits per heavy atom. The molecule has 1 unspecified atom stereocenters. The number of carbonyl (C=O) groups is 1. The molecule has 0 saturated heterocycles. The van der Waals surface area contributed by atoms with Crippen LogP contribution in [-0.2, 0) is 4.79 Å². The van der Waals surface area contributed by atoms with E-state index >= 15 is 0 Å². The van der Waals surface area contributed by atoms with Crippen LogP contribution in [-0.4, -0.2) is 22.3 Å². The van der Waals surface area contributed by atoms with Crippen LogP contribution in [0.2, 0.25) is 0 Å². The number of unbranched alkanes of at least 4 members (excludes halogenated alkanes) is 9. The molecule has 0 spiro atoms. The highest BCUT2D eigenvalue weighted by molar-refractivity contribution is 5.66. The van der Waals surface area contributed by atoms with Crippen LogP contribution >= 0.6 is 0 Å². The second kappa shape index (κ2) is 15.6. The van der Waals surface area contributed by atoms with E-state index in [4.69, 9.17) is 5.11 Å². The van der Waals surface area contributed by atoms with Gasteiger partial charge in [0.2, 0.25) is 0 Å². The monoisotopic (exact) mass is 298 g/mol. The Labute approximate surface area is 130 Å². The van der Waals surface area contributed by atoms with Crippen LogP contribution in [0.15, 0.2) is 12.2 Å². The Morgan fingerprint density at radius 3 is 2.29 bits per heavy atom. The van der Waals surface area contributed by atoms with Gasteiger partial charge in [0.05, 0.1) is 6.10 Å². The van der Waals surface area contributed by atoms with E-state index in [-0.39, 0.29) is 12.5 Å². The van der Waals surface area contributed by atoms with E-state index in [1.54, 1.807) is 0 Å². The zero-order chi connectivity index (χ0) is 15.8. The van der Waals surface area contributed by atoms with E-state index in [9.17, 15) is 9.90 Å². The molecule has 0 aromatic heterocycles. The van der Waals surface area contributed by atoms with Gasteiger partial charge in [-0.1, -0.05) is 70.4 Å². The summed E-state index contributed by atoms with van der Waals surface area (Å²) < 4.78 is 0. The fourth-order valence-electron chi connectivity index (χ4n) is 2.38. The maximum absolute atomic E-state index is 10.3. The molecule has 3 heteroatoms. The molecule has 0 aliphatic carbocycles. The van der Waals surface area contributed by atoms with Crippen molar-refractivity contribution in [2.24, 2.45) is 0 Å². The van der Waals surface area contributed by atoms with Gasteiger partial charge in [-0.05, 0) is 25.7 Å². The number of hydrogen-bond donors (Lipinski definition) is 2. The quantitative estimate of drug-likeness (QED) is 0.327. The first-order chi connectivity index (χ1) is 10.2. The van der Waals surface area contributed by atoms with Crippen LogP contribution in [0.5, 0.6) is 0 Å². The number of hydrogen-bond acceptors (Lipinski definition) is 2. The van der Waals surface area contributed by atoms with Crippen molar-refractivity contribution in [2.75, 3.05) is 0 Å². The van der Waals surface area contributed by atoms with Crippen LogP contribution in [0.1, 0.15) is 90.4 Å². The lowest BCUT2D eigenvalue weighted by molar-refractivity contribution is -0.137. The molecule has 0 aromatic rings. The third-order valence-corrected chi connectivity index (χ3v) is 3.72.